The van der Waals surface area contributed by atoms with E-state index < -0.39 is 0 Å². The van der Waals surface area contributed by atoms with Gasteiger partial charge in [-0.15, -0.1) is 0 Å². The molecule has 5 nitrogen and oxygen atoms in total. The van der Waals surface area contributed by atoms with E-state index in [0.29, 0.717) is 12.3 Å². The van der Waals surface area contributed by atoms with Crippen molar-refractivity contribution < 1.29 is 4.79 Å². The molecule has 0 radical (unpaired) electrons. The normalized spacial score (nSPS) is 16.6. The molecule has 0 bridgehead atoms. The van der Waals surface area contributed by atoms with Gasteiger partial charge in [-0.3, -0.25) is 4.79 Å². The van der Waals surface area contributed by atoms with Crippen LogP contribution in [-0.2, 0) is 4.79 Å². The van der Waals surface area contributed by atoms with Crippen molar-refractivity contribution >= 4 is 5.91 Å². The maximum absolute atomic E-state index is 12.1. The van der Waals surface area contributed by atoms with Gasteiger partial charge in [-0.25, -0.2) is 9.67 Å². The highest BCUT2D eigenvalue weighted by atomic mass is 16.1. The predicted octanol–water partition coefficient (Wildman–Crippen LogP) is 3.02. The summed E-state index contributed by atoms with van der Waals surface area (Å²) in [4.78, 5) is 16.0. The summed E-state index contributed by atoms with van der Waals surface area (Å²) in [5.74, 6) is 0.752. The van der Waals surface area contributed by atoms with Crippen molar-refractivity contribution in [1.29, 1.82) is 0 Å². The average Bonchev–Trinajstić information content (AvgIpc) is 3.20. The largest absolute Gasteiger partial charge is 0.350 e. The minimum absolute atomic E-state index is 0.0266. The van der Waals surface area contributed by atoms with Gasteiger partial charge in [0.25, 0.3) is 0 Å². The molecule has 1 amide bonds. The highest BCUT2D eigenvalue weighted by Gasteiger charge is 2.19. The third-order valence-electron chi connectivity index (χ3n) is 4.40. The topological polar surface area (TPSA) is 59.8 Å². The Kier molecular flexibility index (Phi) is 4.51. The summed E-state index contributed by atoms with van der Waals surface area (Å²) in [5.41, 5.74) is 2.06. The fraction of sp³-hybridized carbons (Fsp3) is 0.471. The molecule has 2 aromatic rings. The zero-order valence-electron chi connectivity index (χ0n) is 12.9. The molecule has 1 N–H and O–H groups in total. The molecular weight excluding hydrogens is 276 g/mol. The second-order valence-electron chi connectivity index (χ2n) is 6.08. The number of benzene rings is 1. The SMILES string of the molecule is CC(NC(=O)CC1CCCC1)c1ccc(-n2cncn2)cc1. The second-order valence-corrected chi connectivity index (χ2v) is 6.08. The van der Waals surface area contributed by atoms with E-state index >= 15 is 0 Å². The van der Waals surface area contributed by atoms with Crippen LogP contribution >= 0.6 is 0 Å². The lowest BCUT2D eigenvalue weighted by atomic mass is 10.0. The first-order valence-corrected chi connectivity index (χ1v) is 7.96. The van der Waals surface area contributed by atoms with E-state index in [1.807, 2.05) is 31.2 Å². The number of nitrogens with zero attached hydrogens (tertiary/aromatic N) is 3. The third-order valence-corrected chi connectivity index (χ3v) is 4.40. The van der Waals surface area contributed by atoms with E-state index in [1.54, 1.807) is 11.0 Å². The number of nitrogens with one attached hydrogen (secondary N) is 1. The zero-order chi connectivity index (χ0) is 15.4. The number of aromatic nitrogens is 3. The van der Waals surface area contributed by atoms with Crippen LogP contribution in [0.25, 0.3) is 5.69 Å². The Bertz CT molecular complexity index is 600. The molecule has 3 rings (SSSR count). The van der Waals surface area contributed by atoms with Crippen molar-refractivity contribution in [2.75, 3.05) is 0 Å². The minimum Gasteiger partial charge on any atom is -0.350 e. The van der Waals surface area contributed by atoms with Crippen molar-refractivity contribution in [2.24, 2.45) is 5.92 Å². The van der Waals surface area contributed by atoms with Crippen LogP contribution in [0.15, 0.2) is 36.9 Å². The Morgan fingerprint density at radius 2 is 2.05 bits per heavy atom. The molecule has 1 atom stereocenters. The van der Waals surface area contributed by atoms with Gasteiger partial charge in [-0.1, -0.05) is 25.0 Å². The molecular formula is C17H22N4O. The number of carbonyl (C=O) groups excluding carboxylic acids is 1. The lowest BCUT2D eigenvalue weighted by Gasteiger charge is -2.16. The van der Waals surface area contributed by atoms with Crippen LogP contribution in [0.4, 0.5) is 0 Å². The maximum atomic E-state index is 12.1. The third kappa shape index (κ3) is 3.53. The summed E-state index contributed by atoms with van der Waals surface area (Å²) >= 11 is 0. The number of carbonyl (C=O) groups is 1. The molecule has 5 heteroatoms. The van der Waals surface area contributed by atoms with E-state index in [-0.39, 0.29) is 11.9 Å². The Labute approximate surface area is 130 Å². The molecule has 1 saturated carbocycles. The lowest BCUT2D eigenvalue weighted by Crippen LogP contribution is -2.27. The fourth-order valence-electron chi connectivity index (χ4n) is 3.12. The van der Waals surface area contributed by atoms with Crippen LogP contribution in [-0.4, -0.2) is 20.7 Å². The lowest BCUT2D eigenvalue weighted by molar-refractivity contribution is -0.122. The number of hydrogen-bond acceptors (Lipinski definition) is 3. The summed E-state index contributed by atoms with van der Waals surface area (Å²) in [6.45, 7) is 2.02. The Morgan fingerprint density at radius 1 is 1.32 bits per heavy atom. The monoisotopic (exact) mass is 298 g/mol. The molecule has 1 aromatic heterocycles. The summed E-state index contributed by atoms with van der Waals surface area (Å²) in [6, 6.07) is 8.06. The number of hydrogen-bond donors (Lipinski definition) is 1. The highest BCUT2D eigenvalue weighted by Crippen LogP contribution is 2.27. The number of rotatable bonds is 5. The minimum atomic E-state index is 0.0266. The molecule has 1 heterocycles. The highest BCUT2D eigenvalue weighted by molar-refractivity contribution is 5.76. The standard InChI is InChI=1S/C17H22N4O/c1-13(20-17(22)10-14-4-2-3-5-14)15-6-8-16(9-7-15)21-12-18-11-19-21/h6-9,11-14H,2-5,10H2,1H3,(H,20,22). The van der Waals surface area contributed by atoms with Gasteiger partial charge in [-0.05, 0) is 43.4 Å². The molecule has 116 valence electrons. The van der Waals surface area contributed by atoms with Crippen LogP contribution in [0.2, 0.25) is 0 Å². The van der Waals surface area contributed by atoms with Crippen LogP contribution < -0.4 is 5.32 Å². The van der Waals surface area contributed by atoms with Crippen LogP contribution in [0.1, 0.15) is 50.6 Å². The van der Waals surface area contributed by atoms with Crippen molar-refractivity contribution in [2.45, 2.75) is 45.1 Å². The fourth-order valence-corrected chi connectivity index (χ4v) is 3.12. The summed E-state index contributed by atoms with van der Waals surface area (Å²) in [7, 11) is 0. The average molecular weight is 298 g/mol. The van der Waals surface area contributed by atoms with Crippen LogP contribution in [0.5, 0.6) is 0 Å². The smallest absolute Gasteiger partial charge is 0.220 e. The molecule has 1 fully saturated rings. The maximum Gasteiger partial charge on any atom is 0.220 e. The summed E-state index contributed by atoms with van der Waals surface area (Å²) < 4.78 is 1.72. The number of amides is 1. The Morgan fingerprint density at radius 3 is 2.68 bits per heavy atom. The molecule has 0 aliphatic heterocycles. The van der Waals surface area contributed by atoms with Gasteiger partial charge in [0.1, 0.15) is 12.7 Å². The van der Waals surface area contributed by atoms with Gasteiger partial charge in [0.2, 0.25) is 5.91 Å². The first kappa shape index (κ1) is 14.8. The molecule has 1 aliphatic rings. The molecule has 1 aromatic carbocycles. The van der Waals surface area contributed by atoms with Gasteiger partial charge in [0.15, 0.2) is 0 Å². The van der Waals surface area contributed by atoms with E-state index in [4.69, 9.17) is 0 Å². The van der Waals surface area contributed by atoms with Crippen LogP contribution in [0, 0.1) is 5.92 Å². The summed E-state index contributed by atoms with van der Waals surface area (Å²) in [5, 5.41) is 7.21. The molecule has 0 spiro atoms. The van der Waals surface area contributed by atoms with Gasteiger partial charge in [-0.2, -0.15) is 5.10 Å². The van der Waals surface area contributed by atoms with E-state index in [2.05, 4.69) is 15.4 Å². The van der Waals surface area contributed by atoms with Crippen molar-refractivity contribution in [1.82, 2.24) is 20.1 Å². The molecule has 1 unspecified atom stereocenters. The molecule has 0 saturated heterocycles. The van der Waals surface area contributed by atoms with Gasteiger partial charge < -0.3 is 5.32 Å². The summed E-state index contributed by atoms with van der Waals surface area (Å²) in [6.07, 6.45) is 8.81. The van der Waals surface area contributed by atoms with Crippen LogP contribution in [0.3, 0.4) is 0 Å². The van der Waals surface area contributed by atoms with Crippen molar-refractivity contribution in [3.63, 3.8) is 0 Å². The first-order valence-electron chi connectivity index (χ1n) is 7.96. The zero-order valence-corrected chi connectivity index (χ0v) is 12.9. The van der Waals surface area contributed by atoms with Gasteiger partial charge in [0, 0.05) is 6.42 Å². The van der Waals surface area contributed by atoms with E-state index in [0.717, 1.165) is 11.3 Å². The molecule has 22 heavy (non-hydrogen) atoms. The quantitative estimate of drug-likeness (QED) is 0.923. The van der Waals surface area contributed by atoms with E-state index in [9.17, 15) is 4.79 Å². The van der Waals surface area contributed by atoms with Crippen molar-refractivity contribution in [3.8, 4) is 5.69 Å². The molecule has 1 aliphatic carbocycles. The Balaban J connectivity index is 1.57. The van der Waals surface area contributed by atoms with Gasteiger partial charge >= 0.3 is 0 Å². The van der Waals surface area contributed by atoms with E-state index in [1.165, 1.54) is 32.0 Å². The second kappa shape index (κ2) is 6.73. The van der Waals surface area contributed by atoms with Crippen molar-refractivity contribution in [3.05, 3.63) is 42.5 Å². The predicted molar refractivity (Wildman–Crippen MR) is 84.5 cm³/mol. The first-order chi connectivity index (χ1) is 10.7. The Hall–Kier alpha value is -2.17. The van der Waals surface area contributed by atoms with Gasteiger partial charge in [0.05, 0.1) is 11.7 Å².